The molecule has 1 unspecified atom stereocenters. The summed E-state index contributed by atoms with van der Waals surface area (Å²) in [7, 11) is 0. The van der Waals surface area contributed by atoms with Gasteiger partial charge in [-0.05, 0) is 0 Å². The van der Waals surface area contributed by atoms with Crippen LogP contribution in [0, 0.1) is 5.92 Å². The molecule has 10 heteroatoms. The first-order chi connectivity index (χ1) is 10.1. The van der Waals surface area contributed by atoms with Crippen molar-refractivity contribution in [1.82, 2.24) is 9.80 Å². The Morgan fingerprint density at radius 2 is 1.14 bits per heavy atom. The second-order valence-electron chi connectivity index (χ2n) is 4.87. The molecule has 0 amide bonds. The van der Waals surface area contributed by atoms with Crippen molar-refractivity contribution in [2.75, 3.05) is 39.3 Å². The fraction of sp³-hybridized carbons (Fsp3) is 0.667. The van der Waals surface area contributed by atoms with Gasteiger partial charge in [0.1, 0.15) is 0 Å². The van der Waals surface area contributed by atoms with Crippen LogP contribution in [0.2, 0.25) is 0 Å². The van der Waals surface area contributed by atoms with Crippen molar-refractivity contribution < 1.29 is 39.6 Å². The fourth-order valence-corrected chi connectivity index (χ4v) is 1.77. The zero-order valence-corrected chi connectivity index (χ0v) is 12.1. The highest BCUT2D eigenvalue weighted by Gasteiger charge is 2.20. The lowest BCUT2D eigenvalue weighted by Gasteiger charge is -2.25. The van der Waals surface area contributed by atoms with E-state index in [1.807, 2.05) is 0 Å². The summed E-state index contributed by atoms with van der Waals surface area (Å²) >= 11 is 0. The third-order valence-corrected chi connectivity index (χ3v) is 2.76. The Labute approximate surface area is 126 Å². The molecule has 0 aromatic heterocycles. The van der Waals surface area contributed by atoms with Crippen LogP contribution in [0.15, 0.2) is 0 Å². The van der Waals surface area contributed by atoms with Gasteiger partial charge in [-0.3, -0.25) is 29.0 Å². The number of hydrogen-bond donors (Lipinski definition) is 4. The number of hydrogen-bond acceptors (Lipinski definition) is 6. The van der Waals surface area contributed by atoms with Crippen LogP contribution in [0.4, 0.5) is 0 Å². The number of carbonyl (C=O) groups is 4. The quantitative estimate of drug-likeness (QED) is 0.336. The van der Waals surface area contributed by atoms with Gasteiger partial charge in [-0.15, -0.1) is 0 Å². The first kappa shape index (κ1) is 19.8. The van der Waals surface area contributed by atoms with Gasteiger partial charge in [0.05, 0.1) is 25.6 Å². The van der Waals surface area contributed by atoms with E-state index in [0.29, 0.717) is 0 Å². The Hall–Kier alpha value is -2.20. The summed E-state index contributed by atoms with van der Waals surface area (Å²) in [5.74, 6) is -5.44. The van der Waals surface area contributed by atoms with Crippen LogP contribution < -0.4 is 0 Å². The van der Waals surface area contributed by atoms with Gasteiger partial charge in [0.15, 0.2) is 0 Å². The molecule has 0 aliphatic carbocycles. The maximum absolute atomic E-state index is 10.8. The molecule has 0 heterocycles. The Bertz CT molecular complexity index is 409. The smallest absolute Gasteiger partial charge is 0.317 e. The molecule has 0 fully saturated rings. The summed E-state index contributed by atoms with van der Waals surface area (Å²) in [6, 6.07) is 0. The van der Waals surface area contributed by atoms with Crippen LogP contribution in [-0.2, 0) is 19.2 Å². The van der Waals surface area contributed by atoms with Crippen LogP contribution in [-0.4, -0.2) is 93.4 Å². The average molecular weight is 320 g/mol. The van der Waals surface area contributed by atoms with Crippen LogP contribution >= 0.6 is 0 Å². The molecule has 0 aromatic carbocycles. The van der Waals surface area contributed by atoms with Gasteiger partial charge in [-0.1, -0.05) is 6.92 Å². The normalized spacial score (nSPS) is 12.3. The van der Waals surface area contributed by atoms with Gasteiger partial charge in [0, 0.05) is 19.6 Å². The fourth-order valence-electron chi connectivity index (χ4n) is 1.77. The maximum Gasteiger partial charge on any atom is 0.317 e. The molecule has 10 nitrogen and oxygen atoms in total. The van der Waals surface area contributed by atoms with Crippen molar-refractivity contribution in [3.63, 3.8) is 0 Å². The van der Waals surface area contributed by atoms with Crippen molar-refractivity contribution in [1.29, 1.82) is 0 Å². The van der Waals surface area contributed by atoms with Crippen molar-refractivity contribution in [3.8, 4) is 0 Å². The largest absolute Gasteiger partial charge is 0.481 e. The lowest BCUT2D eigenvalue weighted by atomic mass is 10.1. The lowest BCUT2D eigenvalue weighted by Crippen LogP contribution is -2.43. The van der Waals surface area contributed by atoms with E-state index in [9.17, 15) is 19.2 Å². The van der Waals surface area contributed by atoms with Gasteiger partial charge in [-0.2, -0.15) is 0 Å². The molecule has 0 aliphatic heterocycles. The predicted octanol–water partition coefficient (Wildman–Crippen LogP) is -1.44. The number of aliphatic carboxylic acids is 4. The minimum Gasteiger partial charge on any atom is -0.481 e. The third kappa shape index (κ3) is 9.66. The van der Waals surface area contributed by atoms with Crippen molar-refractivity contribution in [2.24, 2.45) is 5.92 Å². The molecule has 0 spiro atoms. The summed E-state index contributed by atoms with van der Waals surface area (Å²) in [5.41, 5.74) is 0. The van der Waals surface area contributed by atoms with Gasteiger partial charge < -0.3 is 20.4 Å². The molecule has 22 heavy (non-hydrogen) atoms. The molecular formula is C12H20N2O8. The number of carboxylic acid groups (broad SMARTS) is 4. The Morgan fingerprint density at radius 3 is 1.50 bits per heavy atom. The third-order valence-electron chi connectivity index (χ3n) is 2.76. The number of rotatable bonds is 12. The highest BCUT2D eigenvalue weighted by Crippen LogP contribution is 2.01. The Kier molecular flexibility index (Phi) is 8.72. The molecule has 0 saturated heterocycles. The molecule has 1 atom stereocenters. The first-order valence-electron chi connectivity index (χ1n) is 6.44. The van der Waals surface area contributed by atoms with Crippen molar-refractivity contribution >= 4 is 23.9 Å². The van der Waals surface area contributed by atoms with E-state index in [0.717, 1.165) is 4.90 Å². The van der Waals surface area contributed by atoms with Gasteiger partial charge >= 0.3 is 23.9 Å². The number of carboxylic acids is 4. The average Bonchev–Trinajstić information content (AvgIpc) is 2.33. The van der Waals surface area contributed by atoms with E-state index >= 15 is 0 Å². The maximum atomic E-state index is 10.8. The van der Waals surface area contributed by atoms with Crippen LogP contribution in [0.1, 0.15) is 6.92 Å². The summed E-state index contributed by atoms with van der Waals surface area (Å²) in [5, 5.41) is 35.1. The van der Waals surface area contributed by atoms with Crippen LogP contribution in [0.3, 0.4) is 0 Å². The van der Waals surface area contributed by atoms with Gasteiger partial charge in [0.2, 0.25) is 0 Å². The van der Waals surface area contributed by atoms with E-state index in [2.05, 4.69) is 0 Å². The predicted molar refractivity (Wildman–Crippen MR) is 72.6 cm³/mol. The number of nitrogens with zero attached hydrogens (tertiary/aromatic N) is 2. The van der Waals surface area contributed by atoms with Crippen molar-refractivity contribution in [2.45, 2.75) is 6.92 Å². The summed E-state index contributed by atoms with van der Waals surface area (Å²) in [4.78, 5) is 45.4. The second-order valence-corrected chi connectivity index (χ2v) is 4.87. The monoisotopic (exact) mass is 320 g/mol. The molecule has 0 bridgehead atoms. The van der Waals surface area contributed by atoms with Crippen LogP contribution in [0.5, 0.6) is 0 Å². The van der Waals surface area contributed by atoms with Gasteiger partial charge in [-0.25, -0.2) is 0 Å². The SMILES string of the molecule is CC(CN(CCN(CC(=O)O)CC(=O)O)CC(=O)O)C(=O)O. The topological polar surface area (TPSA) is 156 Å². The van der Waals surface area contributed by atoms with E-state index < -0.39 is 49.4 Å². The van der Waals surface area contributed by atoms with E-state index in [1.165, 1.54) is 11.8 Å². The minimum absolute atomic E-state index is 0.00177. The molecule has 0 aromatic rings. The zero-order chi connectivity index (χ0) is 17.3. The molecule has 0 saturated carbocycles. The molecular weight excluding hydrogens is 300 g/mol. The zero-order valence-electron chi connectivity index (χ0n) is 12.1. The molecule has 0 aliphatic rings. The molecule has 0 rings (SSSR count). The highest BCUT2D eigenvalue weighted by molar-refractivity contribution is 5.72. The van der Waals surface area contributed by atoms with E-state index in [4.69, 9.17) is 20.4 Å². The highest BCUT2D eigenvalue weighted by atomic mass is 16.4. The summed E-state index contributed by atoms with van der Waals surface area (Å²) in [6.07, 6.45) is 0. The van der Waals surface area contributed by atoms with Crippen LogP contribution in [0.25, 0.3) is 0 Å². The van der Waals surface area contributed by atoms with E-state index in [-0.39, 0.29) is 19.6 Å². The minimum atomic E-state index is -1.20. The molecule has 126 valence electrons. The van der Waals surface area contributed by atoms with Gasteiger partial charge in [0.25, 0.3) is 0 Å². The summed E-state index contributed by atoms with van der Waals surface area (Å²) in [6.45, 7) is 0.0246. The summed E-state index contributed by atoms with van der Waals surface area (Å²) < 4.78 is 0. The van der Waals surface area contributed by atoms with E-state index in [1.54, 1.807) is 0 Å². The first-order valence-corrected chi connectivity index (χ1v) is 6.44. The lowest BCUT2D eigenvalue weighted by molar-refractivity contribution is -0.144. The standard InChI is InChI=1S/C12H20N2O8/c1-8(12(21)22)4-13(5-9(15)16)2-3-14(6-10(17)18)7-11(19)20/h8H,2-7H2,1H3,(H,15,16)(H,17,18)(H,19,20)(H,21,22). The van der Waals surface area contributed by atoms with Crippen molar-refractivity contribution in [3.05, 3.63) is 0 Å². The Balaban J connectivity index is 4.66. The molecule has 4 N–H and O–H groups in total. The second kappa shape index (κ2) is 9.68. The molecule has 0 radical (unpaired) electrons. The Morgan fingerprint density at radius 1 is 0.773 bits per heavy atom.